The van der Waals surface area contributed by atoms with Crippen molar-refractivity contribution < 1.29 is 4.74 Å². The molecule has 0 fully saturated rings. The van der Waals surface area contributed by atoms with Crippen molar-refractivity contribution >= 4 is 0 Å². The Morgan fingerprint density at radius 2 is 1.88 bits per heavy atom. The summed E-state index contributed by atoms with van der Waals surface area (Å²) in [5.41, 5.74) is 1.18. The Kier molecular flexibility index (Phi) is 4.56. The van der Waals surface area contributed by atoms with Crippen LogP contribution in [-0.4, -0.2) is 18.7 Å². The number of nitrogens with one attached hydrogen (secondary N) is 1. The Bertz CT molecular complexity index is 324. The molecule has 2 nitrogen and oxygen atoms in total. The molecule has 1 aromatic rings. The summed E-state index contributed by atoms with van der Waals surface area (Å²) in [6.45, 7) is 11.7. The molecular formula is C14H21NO. The minimum Gasteiger partial charge on any atom is -0.489 e. The fraction of sp³-hybridized carbons (Fsp3) is 0.429. The molecule has 0 aliphatic carbocycles. The minimum atomic E-state index is 0.121. The van der Waals surface area contributed by atoms with Gasteiger partial charge < -0.3 is 10.1 Å². The summed E-state index contributed by atoms with van der Waals surface area (Å²) in [5.74, 6) is 0.888. The molecule has 0 aromatic heterocycles. The number of rotatable bonds is 5. The van der Waals surface area contributed by atoms with Crippen LogP contribution in [-0.2, 0) is 0 Å². The maximum absolute atomic E-state index is 5.59. The quantitative estimate of drug-likeness (QED) is 0.769. The highest BCUT2D eigenvalue weighted by atomic mass is 16.5. The van der Waals surface area contributed by atoms with E-state index >= 15 is 0 Å². The van der Waals surface area contributed by atoms with Gasteiger partial charge in [-0.2, -0.15) is 0 Å². The van der Waals surface area contributed by atoms with Crippen LogP contribution in [0.3, 0.4) is 0 Å². The Labute approximate surface area is 98.3 Å². The molecule has 0 unspecified atom stereocenters. The van der Waals surface area contributed by atoms with Crippen LogP contribution >= 0.6 is 0 Å². The van der Waals surface area contributed by atoms with E-state index in [4.69, 9.17) is 4.74 Å². The van der Waals surface area contributed by atoms with Crippen LogP contribution in [0.4, 0.5) is 0 Å². The highest BCUT2D eigenvalue weighted by Crippen LogP contribution is 2.09. The second kappa shape index (κ2) is 5.71. The smallest absolute Gasteiger partial charge is 0.119 e. The summed E-state index contributed by atoms with van der Waals surface area (Å²) in [5, 5.41) is 3.38. The molecule has 0 spiro atoms. The summed E-state index contributed by atoms with van der Waals surface area (Å²) in [6.07, 6.45) is 0. The summed E-state index contributed by atoms with van der Waals surface area (Å²) in [7, 11) is 0. The van der Waals surface area contributed by atoms with Crippen molar-refractivity contribution in [2.75, 3.05) is 13.2 Å². The molecule has 0 radical (unpaired) electrons. The lowest BCUT2D eigenvalue weighted by Crippen LogP contribution is -2.37. The zero-order valence-corrected chi connectivity index (χ0v) is 10.4. The number of ether oxygens (including phenoxy) is 1. The van der Waals surface area contributed by atoms with Gasteiger partial charge in [-0.1, -0.05) is 24.8 Å². The molecule has 2 heteroatoms. The van der Waals surface area contributed by atoms with Crippen LogP contribution in [0.15, 0.2) is 42.5 Å². The molecule has 1 aromatic carbocycles. The lowest BCUT2D eigenvalue weighted by molar-refractivity contribution is 0.341. The Morgan fingerprint density at radius 1 is 1.25 bits per heavy atom. The highest BCUT2D eigenvalue weighted by molar-refractivity contribution is 5.21. The third kappa shape index (κ3) is 5.56. The van der Waals surface area contributed by atoms with Crippen LogP contribution in [0.1, 0.15) is 20.8 Å². The van der Waals surface area contributed by atoms with Crippen molar-refractivity contribution in [3.63, 3.8) is 0 Å². The molecule has 0 amide bonds. The second-order valence-electron chi connectivity index (χ2n) is 4.96. The van der Waals surface area contributed by atoms with Gasteiger partial charge in [-0.15, -0.1) is 0 Å². The summed E-state index contributed by atoms with van der Waals surface area (Å²) in [6, 6.07) is 9.80. The summed E-state index contributed by atoms with van der Waals surface area (Å²) >= 11 is 0. The van der Waals surface area contributed by atoms with Gasteiger partial charge in [0.2, 0.25) is 0 Å². The molecule has 0 atom stereocenters. The van der Waals surface area contributed by atoms with Crippen molar-refractivity contribution in [3.05, 3.63) is 42.5 Å². The van der Waals surface area contributed by atoms with Crippen molar-refractivity contribution in [2.24, 2.45) is 0 Å². The second-order valence-corrected chi connectivity index (χ2v) is 4.96. The first-order chi connectivity index (χ1) is 7.47. The first kappa shape index (κ1) is 12.8. The zero-order valence-electron chi connectivity index (χ0n) is 10.4. The van der Waals surface area contributed by atoms with E-state index in [1.807, 2.05) is 30.3 Å². The van der Waals surface area contributed by atoms with Crippen LogP contribution in [0.2, 0.25) is 0 Å². The molecule has 1 rings (SSSR count). The van der Waals surface area contributed by atoms with E-state index < -0.39 is 0 Å². The number of benzene rings is 1. The van der Waals surface area contributed by atoms with Gasteiger partial charge in [-0.25, -0.2) is 0 Å². The highest BCUT2D eigenvalue weighted by Gasteiger charge is 2.08. The van der Waals surface area contributed by atoms with Gasteiger partial charge in [0.05, 0.1) is 0 Å². The van der Waals surface area contributed by atoms with Crippen LogP contribution in [0.5, 0.6) is 5.75 Å². The normalized spacial score (nSPS) is 11.2. The lowest BCUT2D eigenvalue weighted by Gasteiger charge is -2.21. The molecule has 0 bridgehead atoms. The summed E-state index contributed by atoms with van der Waals surface area (Å²) < 4.78 is 5.59. The fourth-order valence-corrected chi connectivity index (χ4v) is 1.14. The number of hydrogen-bond donors (Lipinski definition) is 1. The lowest BCUT2D eigenvalue weighted by atomic mass is 10.1. The van der Waals surface area contributed by atoms with E-state index in [2.05, 4.69) is 32.7 Å². The largest absolute Gasteiger partial charge is 0.489 e. The van der Waals surface area contributed by atoms with Gasteiger partial charge in [-0.05, 0) is 38.5 Å². The molecule has 0 heterocycles. The van der Waals surface area contributed by atoms with Crippen molar-refractivity contribution in [2.45, 2.75) is 26.3 Å². The predicted octanol–water partition coefficient (Wildman–Crippen LogP) is 3.01. The van der Waals surface area contributed by atoms with Crippen molar-refractivity contribution in [1.29, 1.82) is 0 Å². The van der Waals surface area contributed by atoms with Gasteiger partial charge in [0, 0.05) is 12.1 Å². The Morgan fingerprint density at radius 3 is 2.44 bits per heavy atom. The van der Waals surface area contributed by atoms with E-state index in [0.717, 1.165) is 17.9 Å². The number of para-hydroxylation sites is 1. The van der Waals surface area contributed by atoms with Crippen LogP contribution in [0.25, 0.3) is 0 Å². The Hall–Kier alpha value is -1.28. The van der Waals surface area contributed by atoms with Crippen molar-refractivity contribution in [1.82, 2.24) is 5.32 Å². The maximum Gasteiger partial charge on any atom is 0.119 e. The van der Waals surface area contributed by atoms with Crippen LogP contribution < -0.4 is 10.1 Å². The van der Waals surface area contributed by atoms with Gasteiger partial charge in [-0.3, -0.25) is 0 Å². The van der Waals surface area contributed by atoms with Gasteiger partial charge in [0.15, 0.2) is 0 Å². The standard InChI is InChI=1S/C14H21NO/c1-12(10-15-14(2,3)4)11-16-13-8-6-5-7-9-13/h5-9,15H,1,10-11H2,2-4H3. The molecule has 88 valence electrons. The first-order valence-corrected chi connectivity index (χ1v) is 5.57. The summed E-state index contributed by atoms with van der Waals surface area (Å²) in [4.78, 5) is 0. The Balaban J connectivity index is 2.26. The van der Waals surface area contributed by atoms with Crippen molar-refractivity contribution in [3.8, 4) is 5.75 Å². The maximum atomic E-state index is 5.59. The molecule has 16 heavy (non-hydrogen) atoms. The average Bonchev–Trinajstić information content (AvgIpc) is 2.24. The molecule has 0 aliphatic rings. The minimum absolute atomic E-state index is 0.121. The van der Waals surface area contributed by atoms with E-state index in [0.29, 0.717) is 6.61 Å². The number of hydrogen-bond acceptors (Lipinski definition) is 2. The molecule has 0 saturated heterocycles. The SMILES string of the molecule is C=C(CNC(C)(C)C)COc1ccccc1. The molecular weight excluding hydrogens is 198 g/mol. The van der Waals surface area contributed by atoms with E-state index in [1.165, 1.54) is 0 Å². The molecule has 0 aliphatic heterocycles. The molecule has 0 saturated carbocycles. The third-order valence-electron chi connectivity index (χ3n) is 2.05. The van der Waals surface area contributed by atoms with Gasteiger partial charge in [0.25, 0.3) is 0 Å². The van der Waals surface area contributed by atoms with E-state index in [-0.39, 0.29) is 5.54 Å². The van der Waals surface area contributed by atoms with Crippen LogP contribution in [0, 0.1) is 0 Å². The average molecular weight is 219 g/mol. The first-order valence-electron chi connectivity index (χ1n) is 5.57. The van der Waals surface area contributed by atoms with E-state index in [9.17, 15) is 0 Å². The fourth-order valence-electron chi connectivity index (χ4n) is 1.14. The predicted molar refractivity (Wildman–Crippen MR) is 68.8 cm³/mol. The molecule has 1 N–H and O–H groups in total. The third-order valence-corrected chi connectivity index (χ3v) is 2.05. The monoisotopic (exact) mass is 219 g/mol. The topological polar surface area (TPSA) is 21.3 Å². The van der Waals surface area contributed by atoms with E-state index in [1.54, 1.807) is 0 Å². The van der Waals surface area contributed by atoms with Gasteiger partial charge in [0.1, 0.15) is 12.4 Å². The van der Waals surface area contributed by atoms with Gasteiger partial charge >= 0.3 is 0 Å². The zero-order chi connectivity index (χ0) is 12.0.